The largest absolute Gasteiger partial charge is 0.350 e. The fraction of sp³-hybridized carbons (Fsp3) is 0.167. The molecule has 2 N–H and O–H groups in total. The Morgan fingerprint density at radius 1 is 1.21 bits per heavy atom. The molecule has 146 valence electrons. The number of hydrogen-bond acceptors (Lipinski definition) is 5. The van der Waals surface area contributed by atoms with Crippen LogP contribution in [0.5, 0.6) is 0 Å². The van der Waals surface area contributed by atoms with Gasteiger partial charge in [0.15, 0.2) is 0 Å². The molecule has 0 aliphatic rings. The van der Waals surface area contributed by atoms with Crippen LogP contribution in [0, 0.1) is 5.82 Å². The van der Waals surface area contributed by atoms with E-state index in [1.165, 1.54) is 18.5 Å². The molecule has 1 heterocycles. The van der Waals surface area contributed by atoms with Gasteiger partial charge in [0.1, 0.15) is 12.4 Å². The summed E-state index contributed by atoms with van der Waals surface area (Å²) in [7, 11) is -3.46. The molecule has 0 fully saturated rings. The number of carbonyl (C=O) groups excluding carboxylic acids is 1. The molecule has 10 heteroatoms. The van der Waals surface area contributed by atoms with Crippen molar-refractivity contribution in [2.75, 3.05) is 11.0 Å². The van der Waals surface area contributed by atoms with Gasteiger partial charge in [0.2, 0.25) is 15.9 Å². The van der Waals surface area contributed by atoms with Crippen LogP contribution in [0.25, 0.3) is 10.9 Å². The molecule has 1 amide bonds. The number of carbonyl (C=O) groups is 1. The highest BCUT2D eigenvalue weighted by atomic mass is 32.2. The van der Waals surface area contributed by atoms with Gasteiger partial charge in [0, 0.05) is 6.54 Å². The minimum Gasteiger partial charge on any atom is -0.350 e. The fourth-order valence-corrected chi connectivity index (χ4v) is 3.22. The van der Waals surface area contributed by atoms with Gasteiger partial charge in [-0.3, -0.25) is 18.9 Å². The number of hydrogen-bond donors (Lipinski definition) is 2. The summed E-state index contributed by atoms with van der Waals surface area (Å²) < 4.78 is 39.7. The predicted molar refractivity (Wildman–Crippen MR) is 103 cm³/mol. The molecular formula is C18H17FN4O4S. The van der Waals surface area contributed by atoms with E-state index in [-0.39, 0.29) is 18.5 Å². The van der Waals surface area contributed by atoms with Crippen LogP contribution in [0.2, 0.25) is 0 Å². The van der Waals surface area contributed by atoms with E-state index < -0.39 is 27.3 Å². The summed E-state index contributed by atoms with van der Waals surface area (Å²) in [4.78, 5) is 28.7. The Hall–Kier alpha value is -3.27. The monoisotopic (exact) mass is 404 g/mol. The standard InChI is InChI=1S/C18H17FN4O4S/c1-28(26,27)22-15-5-3-2-4-12(15)9-20-17(24)10-23-11-21-16-7-6-13(19)8-14(16)18(23)25/h2-8,11,22H,9-10H2,1H3,(H,20,24). The van der Waals surface area contributed by atoms with Crippen molar-refractivity contribution in [1.82, 2.24) is 14.9 Å². The molecule has 0 radical (unpaired) electrons. The van der Waals surface area contributed by atoms with Crippen LogP contribution in [0.15, 0.2) is 53.6 Å². The van der Waals surface area contributed by atoms with Gasteiger partial charge in [0.05, 0.1) is 29.2 Å². The van der Waals surface area contributed by atoms with Crippen molar-refractivity contribution in [2.24, 2.45) is 0 Å². The second-order valence-electron chi connectivity index (χ2n) is 6.15. The van der Waals surface area contributed by atoms with Crippen molar-refractivity contribution in [3.05, 3.63) is 70.5 Å². The number of halogens is 1. The lowest BCUT2D eigenvalue weighted by molar-refractivity contribution is -0.121. The number of rotatable bonds is 6. The number of benzene rings is 2. The van der Waals surface area contributed by atoms with Crippen LogP contribution in [0.3, 0.4) is 0 Å². The number of aromatic nitrogens is 2. The Kier molecular flexibility index (Phi) is 5.41. The zero-order valence-corrected chi connectivity index (χ0v) is 15.7. The average Bonchev–Trinajstić information content (AvgIpc) is 2.62. The second kappa shape index (κ2) is 7.77. The Morgan fingerprint density at radius 2 is 1.96 bits per heavy atom. The Balaban J connectivity index is 1.73. The number of sulfonamides is 1. The summed E-state index contributed by atoms with van der Waals surface area (Å²) >= 11 is 0. The molecular weight excluding hydrogens is 387 g/mol. The van der Waals surface area contributed by atoms with Gasteiger partial charge in [-0.2, -0.15) is 0 Å². The summed E-state index contributed by atoms with van der Waals surface area (Å²) in [6, 6.07) is 10.3. The predicted octanol–water partition coefficient (Wildman–Crippen LogP) is 1.22. The quantitative estimate of drug-likeness (QED) is 0.642. The van der Waals surface area contributed by atoms with E-state index in [1.807, 2.05) is 0 Å². The van der Waals surface area contributed by atoms with Crippen LogP contribution in [0.4, 0.5) is 10.1 Å². The van der Waals surface area contributed by atoms with Gasteiger partial charge < -0.3 is 5.32 Å². The first-order valence-corrected chi connectivity index (χ1v) is 10.1. The maximum absolute atomic E-state index is 13.4. The Morgan fingerprint density at radius 3 is 2.71 bits per heavy atom. The smallest absolute Gasteiger partial charge is 0.261 e. The van der Waals surface area contributed by atoms with E-state index in [1.54, 1.807) is 24.3 Å². The average molecular weight is 404 g/mol. The first kappa shape index (κ1) is 19.5. The molecule has 0 bridgehead atoms. The van der Waals surface area contributed by atoms with Crippen molar-refractivity contribution in [3.8, 4) is 0 Å². The first-order chi connectivity index (χ1) is 13.2. The van der Waals surface area contributed by atoms with Crippen molar-refractivity contribution in [3.63, 3.8) is 0 Å². The van der Waals surface area contributed by atoms with Crippen LogP contribution >= 0.6 is 0 Å². The summed E-state index contributed by atoms with van der Waals surface area (Å²) in [5.41, 5.74) is 0.722. The third kappa shape index (κ3) is 4.71. The number of anilines is 1. The summed E-state index contributed by atoms with van der Waals surface area (Å²) in [6.07, 6.45) is 2.26. The van der Waals surface area contributed by atoms with Gasteiger partial charge in [0.25, 0.3) is 5.56 Å². The molecule has 1 aromatic heterocycles. The lowest BCUT2D eigenvalue weighted by Crippen LogP contribution is -2.32. The van der Waals surface area contributed by atoms with E-state index in [0.717, 1.165) is 16.9 Å². The van der Waals surface area contributed by atoms with Crippen molar-refractivity contribution < 1.29 is 17.6 Å². The molecule has 0 atom stereocenters. The second-order valence-corrected chi connectivity index (χ2v) is 7.90. The molecule has 0 unspecified atom stereocenters. The van der Waals surface area contributed by atoms with Crippen LogP contribution in [-0.4, -0.2) is 30.1 Å². The number of amides is 1. The molecule has 0 aliphatic carbocycles. The number of nitrogens with one attached hydrogen (secondary N) is 2. The van der Waals surface area contributed by atoms with E-state index in [9.17, 15) is 22.4 Å². The Bertz CT molecular complexity index is 1210. The molecule has 0 saturated carbocycles. The van der Waals surface area contributed by atoms with E-state index >= 15 is 0 Å². The third-order valence-corrected chi connectivity index (χ3v) is 4.48. The summed E-state index contributed by atoms with van der Waals surface area (Å²) in [5, 5.41) is 2.71. The maximum atomic E-state index is 13.4. The van der Waals surface area contributed by atoms with Crippen LogP contribution in [-0.2, 0) is 27.9 Å². The molecule has 0 aliphatic heterocycles. The van der Waals surface area contributed by atoms with Gasteiger partial charge in [-0.15, -0.1) is 0 Å². The number of fused-ring (bicyclic) bond motifs is 1. The van der Waals surface area contributed by atoms with Crippen LogP contribution < -0.4 is 15.6 Å². The molecule has 0 saturated heterocycles. The van der Waals surface area contributed by atoms with Crippen molar-refractivity contribution in [1.29, 1.82) is 0 Å². The van der Waals surface area contributed by atoms with Crippen molar-refractivity contribution >= 4 is 32.5 Å². The molecule has 0 spiro atoms. The van der Waals surface area contributed by atoms with Gasteiger partial charge >= 0.3 is 0 Å². The molecule has 3 rings (SSSR count). The maximum Gasteiger partial charge on any atom is 0.261 e. The highest BCUT2D eigenvalue weighted by Crippen LogP contribution is 2.16. The minimum atomic E-state index is -3.46. The summed E-state index contributed by atoms with van der Waals surface area (Å²) in [6.45, 7) is -0.248. The highest BCUT2D eigenvalue weighted by Gasteiger charge is 2.11. The minimum absolute atomic E-state index is 0.0575. The number of nitrogens with zero attached hydrogens (tertiary/aromatic N) is 2. The molecule has 3 aromatic rings. The summed E-state index contributed by atoms with van der Waals surface area (Å²) in [5.74, 6) is -1.04. The Labute approximate surface area is 160 Å². The lowest BCUT2D eigenvalue weighted by atomic mass is 10.2. The van der Waals surface area contributed by atoms with Gasteiger partial charge in [-0.05, 0) is 29.8 Å². The SMILES string of the molecule is CS(=O)(=O)Nc1ccccc1CNC(=O)Cn1cnc2ccc(F)cc2c1=O. The number of para-hydroxylation sites is 1. The van der Waals surface area contributed by atoms with Crippen LogP contribution in [0.1, 0.15) is 5.56 Å². The fourth-order valence-electron chi connectivity index (χ4n) is 2.62. The van der Waals surface area contributed by atoms with Gasteiger partial charge in [-0.1, -0.05) is 18.2 Å². The lowest BCUT2D eigenvalue weighted by Gasteiger charge is -2.12. The van der Waals surface area contributed by atoms with Gasteiger partial charge in [-0.25, -0.2) is 17.8 Å². The highest BCUT2D eigenvalue weighted by molar-refractivity contribution is 7.92. The topological polar surface area (TPSA) is 110 Å². The molecule has 8 nitrogen and oxygen atoms in total. The van der Waals surface area contributed by atoms with E-state index in [4.69, 9.17) is 0 Å². The third-order valence-electron chi connectivity index (χ3n) is 3.89. The normalized spacial score (nSPS) is 11.4. The zero-order valence-electron chi connectivity index (χ0n) is 14.8. The zero-order chi connectivity index (χ0) is 20.3. The van der Waals surface area contributed by atoms with Crippen molar-refractivity contribution in [2.45, 2.75) is 13.1 Å². The molecule has 2 aromatic carbocycles. The van der Waals surface area contributed by atoms with E-state index in [0.29, 0.717) is 16.8 Å². The first-order valence-electron chi connectivity index (χ1n) is 8.20. The molecule has 28 heavy (non-hydrogen) atoms. The van der Waals surface area contributed by atoms with E-state index in [2.05, 4.69) is 15.0 Å².